The van der Waals surface area contributed by atoms with Crippen LogP contribution in [0.15, 0.2) is 76.3 Å². The summed E-state index contributed by atoms with van der Waals surface area (Å²) in [6, 6.07) is 12.3. The third-order valence-electron chi connectivity index (χ3n) is 6.50. The van der Waals surface area contributed by atoms with Gasteiger partial charge in [-0.15, -0.1) is 5.10 Å². The molecule has 0 radical (unpaired) electrons. The van der Waals surface area contributed by atoms with Crippen LogP contribution in [0.25, 0.3) is 16.8 Å². The molecule has 0 aliphatic carbocycles. The molecule has 0 saturated carbocycles. The molecule has 10 heteroatoms. The van der Waals surface area contributed by atoms with Crippen LogP contribution >= 0.6 is 11.6 Å². The van der Waals surface area contributed by atoms with E-state index in [0.717, 1.165) is 22.5 Å². The van der Waals surface area contributed by atoms with Gasteiger partial charge in [-0.05, 0) is 72.2 Å². The lowest BCUT2D eigenvalue weighted by atomic mass is 9.99. The lowest BCUT2D eigenvalue weighted by molar-refractivity contribution is 0.539. The number of tetrazole rings is 1. The molecule has 8 nitrogen and oxygen atoms in total. The summed E-state index contributed by atoms with van der Waals surface area (Å²) in [5.41, 5.74) is 5.62. The zero-order chi connectivity index (χ0) is 24.1. The smallest absolute Gasteiger partial charge is 0.251 e. The third-order valence-corrected chi connectivity index (χ3v) is 6.74. The summed E-state index contributed by atoms with van der Waals surface area (Å²) in [5.74, 6) is -0.509. The van der Waals surface area contributed by atoms with E-state index in [0.29, 0.717) is 46.8 Å². The number of aliphatic imine (C=N–C) groups is 1. The Kier molecular flexibility index (Phi) is 5.14. The number of hydrogen-bond acceptors (Lipinski definition) is 6. The van der Waals surface area contributed by atoms with Gasteiger partial charge in [0.2, 0.25) is 5.95 Å². The Morgan fingerprint density at radius 3 is 2.77 bits per heavy atom. The van der Waals surface area contributed by atoms with Crippen molar-refractivity contribution in [1.29, 1.82) is 0 Å². The van der Waals surface area contributed by atoms with E-state index in [1.165, 1.54) is 11.0 Å². The van der Waals surface area contributed by atoms with Crippen molar-refractivity contribution >= 4 is 17.3 Å². The van der Waals surface area contributed by atoms with Gasteiger partial charge in [0.05, 0.1) is 17.4 Å². The van der Waals surface area contributed by atoms with Crippen LogP contribution in [0.3, 0.4) is 0 Å². The zero-order valence-corrected chi connectivity index (χ0v) is 19.4. The minimum atomic E-state index is -0.509. The second-order valence-electron chi connectivity index (χ2n) is 8.65. The van der Waals surface area contributed by atoms with E-state index in [9.17, 15) is 9.18 Å². The van der Waals surface area contributed by atoms with Gasteiger partial charge >= 0.3 is 0 Å². The SMILES string of the molecule is Cc1ccc(C2=NC(F)=C([C@@H]3CCc4cc(-c5cc(Cl)ccc5-n5cnnn5)cc(=O)n43)C2)cn1. The van der Waals surface area contributed by atoms with Crippen molar-refractivity contribution < 1.29 is 4.39 Å². The highest BCUT2D eigenvalue weighted by atomic mass is 35.5. The number of halogens is 2. The molecule has 0 spiro atoms. The fraction of sp³-hybridized carbons (Fsp3) is 0.200. The molecule has 4 aromatic rings. The lowest BCUT2D eigenvalue weighted by Crippen LogP contribution is -2.24. The average molecular weight is 488 g/mol. The second-order valence-corrected chi connectivity index (χ2v) is 9.09. The Morgan fingerprint density at radius 1 is 1.11 bits per heavy atom. The molecule has 174 valence electrons. The van der Waals surface area contributed by atoms with Gasteiger partial charge in [-0.25, -0.2) is 4.99 Å². The van der Waals surface area contributed by atoms with E-state index in [1.54, 1.807) is 35.0 Å². The lowest BCUT2D eigenvalue weighted by Gasteiger charge is -2.17. The van der Waals surface area contributed by atoms with Crippen LogP contribution in [-0.4, -0.2) is 35.5 Å². The van der Waals surface area contributed by atoms with E-state index in [2.05, 4.69) is 25.5 Å². The van der Waals surface area contributed by atoms with Gasteiger partial charge in [0.25, 0.3) is 5.56 Å². The van der Waals surface area contributed by atoms with Crippen molar-refractivity contribution in [3.05, 3.63) is 98.8 Å². The Morgan fingerprint density at radius 2 is 2.00 bits per heavy atom. The molecule has 2 aliphatic heterocycles. The van der Waals surface area contributed by atoms with Gasteiger partial charge in [0.15, 0.2) is 0 Å². The molecular formula is C25H19ClFN7O. The summed E-state index contributed by atoms with van der Waals surface area (Å²) < 4.78 is 18.2. The van der Waals surface area contributed by atoms with Crippen molar-refractivity contribution in [2.75, 3.05) is 0 Å². The second kappa shape index (κ2) is 8.35. The number of hydrogen-bond donors (Lipinski definition) is 0. The molecular weight excluding hydrogens is 469 g/mol. The normalized spacial score (nSPS) is 17.1. The quantitative estimate of drug-likeness (QED) is 0.398. The van der Waals surface area contributed by atoms with Gasteiger partial charge in [-0.2, -0.15) is 9.07 Å². The molecule has 0 amide bonds. The maximum Gasteiger partial charge on any atom is 0.251 e. The number of nitrogens with zero attached hydrogens (tertiary/aromatic N) is 7. The van der Waals surface area contributed by atoms with Gasteiger partial charge in [0.1, 0.15) is 6.33 Å². The molecule has 3 aromatic heterocycles. The predicted octanol–water partition coefficient (Wildman–Crippen LogP) is 4.41. The first kappa shape index (κ1) is 21.5. The monoisotopic (exact) mass is 487 g/mol. The van der Waals surface area contributed by atoms with Crippen LogP contribution in [0.4, 0.5) is 4.39 Å². The molecule has 0 bridgehead atoms. The highest BCUT2D eigenvalue weighted by Gasteiger charge is 2.33. The van der Waals surface area contributed by atoms with E-state index in [-0.39, 0.29) is 11.6 Å². The van der Waals surface area contributed by atoms with Crippen LogP contribution in [-0.2, 0) is 6.42 Å². The molecule has 0 unspecified atom stereocenters. The summed E-state index contributed by atoms with van der Waals surface area (Å²) in [6.07, 6.45) is 4.82. The molecule has 1 atom stereocenters. The Bertz CT molecular complexity index is 1570. The highest BCUT2D eigenvalue weighted by molar-refractivity contribution is 6.31. The fourth-order valence-corrected chi connectivity index (χ4v) is 5.01. The van der Waals surface area contributed by atoms with Crippen LogP contribution in [0.2, 0.25) is 5.02 Å². The number of aromatic nitrogens is 6. The number of aryl methyl sites for hydroxylation is 2. The summed E-state index contributed by atoms with van der Waals surface area (Å²) >= 11 is 6.27. The Hall–Kier alpha value is -3.98. The molecule has 0 saturated heterocycles. The maximum atomic E-state index is 15.0. The van der Waals surface area contributed by atoms with Crippen molar-refractivity contribution in [3.8, 4) is 16.8 Å². The topological polar surface area (TPSA) is 90.9 Å². The van der Waals surface area contributed by atoms with Crippen LogP contribution in [0.5, 0.6) is 0 Å². The van der Waals surface area contributed by atoms with Crippen LogP contribution in [0, 0.1) is 6.92 Å². The molecule has 35 heavy (non-hydrogen) atoms. The number of fused-ring (bicyclic) bond motifs is 1. The number of pyridine rings is 2. The van der Waals surface area contributed by atoms with E-state index < -0.39 is 5.95 Å². The first-order chi connectivity index (χ1) is 17.0. The Balaban J connectivity index is 1.35. The van der Waals surface area contributed by atoms with Crippen LogP contribution in [0.1, 0.15) is 35.8 Å². The summed E-state index contributed by atoms with van der Waals surface area (Å²) in [6.45, 7) is 1.90. The van der Waals surface area contributed by atoms with Gasteiger partial charge in [-0.1, -0.05) is 11.6 Å². The van der Waals surface area contributed by atoms with Crippen molar-refractivity contribution in [2.24, 2.45) is 4.99 Å². The minimum absolute atomic E-state index is 0.201. The van der Waals surface area contributed by atoms with E-state index in [4.69, 9.17) is 11.6 Å². The number of benzene rings is 1. The Labute approximate surface area is 204 Å². The first-order valence-electron chi connectivity index (χ1n) is 11.2. The number of rotatable bonds is 4. The predicted molar refractivity (Wildman–Crippen MR) is 129 cm³/mol. The van der Waals surface area contributed by atoms with Crippen molar-refractivity contribution in [2.45, 2.75) is 32.2 Å². The standard InChI is InChI=1S/C25H19ClFN7O/c1-14-2-3-15(12-28-14)21-11-20(25(27)30-21)23-7-5-18-8-16(9-24(35)34(18)23)19-10-17(26)4-6-22(19)33-13-29-31-32-33/h2-4,6,8-10,12-13,23H,5,7,11H2,1H3/t23-/m0/s1. The third kappa shape index (κ3) is 3.77. The van der Waals surface area contributed by atoms with E-state index >= 15 is 0 Å². The van der Waals surface area contributed by atoms with Crippen molar-refractivity contribution in [1.82, 2.24) is 29.8 Å². The molecule has 2 aliphatic rings. The van der Waals surface area contributed by atoms with Crippen molar-refractivity contribution in [3.63, 3.8) is 0 Å². The van der Waals surface area contributed by atoms with Gasteiger partial charge in [0, 0.05) is 51.8 Å². The maximum absolute atomic E-state index is 15.0. The van der Waals surface area contributed by atoms with Gasteiger partial charge < -0.3 is 4.57 Å². The average Bonchev–Trinajstić information content (AvgIpc) is 3.59. The van der Waals surface area contributed by atoms with E-state index in [1.807, 2.05) is 25.1 Å². The first-order valence-corrected chi connectivity index (χ1v) is 11.5. The largest absolute Gasteiger partial charge is 0.305 e. The molecule has 0 N–H and O–H groups in total. The summed E-state index contributed by atoms with van der Waals surface area (Å²) in [7, 11) is 0. The minimum Gasteiger partial charge on any atom is -0.305 e. The highest BCUT2D eigenvalue weighted by Crippen LogP contribution is 2.39. The fourth-order valence-electron chi connectivity index (χ4n) is 4.83. The summed E-state index contributed by atoms with van der Waals surface area (Å²) in [4.78, 5) is 21.8. The zero-order valence-electron chi connectivity index (χ0n) is 18.7. The number of allylic oxidation sites excluding steroid dienone is 1. The van der Waals surface area contributed by atoms with Crippen LogP contribution < -0.4 is 5.56 Å². The molecule has 6 rings (SSSR count). The summed E-state index contributed by atoms with van der Waals surface area (Å²) in [5, 5.41) is 11.9. The molecule has 0 fully saturated rings. The molecule has 1 aromatic carbocycles. The molecule has 5 heterocycles. The van der Waals surface area contributed by atoms with Gasteiger partial charge in [-0.3, -0.25) is 9.78 Å².